The summed E-state index contributed by atoms with van der Waals surface area (Å²) >= 11 is 0. The Kier molecular flexibility index (Phi) is 6.54. The van der Waals surface area contributed by atoms with Crippen LogP contribution in [-0.2, 0) is 17.8 Å². The third kappa shape index (κ3) is 4.58. The first-order chi connectivity index (χ1) is 15.1. The van der Waals surface area contributed by atoms with Gasteiger partial charge in [0.1, 0.15) is 11.6 Å². The second kappa shape index (κ2) is 9.50. The summed E-state index contributed by atoms with van der Waals surface area (Å²) in [6, 6.07) is 12.2. The van der Waals surface area contributed by atoms with Gasteiger partial charge in [0, 0.05) is 42.4 Å². The molecule has 1 fully saturated rings. The third-order valence-electron chi connectivity index (χ3n) is 6.37. The van der Waals surface area contributed by atoms with E-state index in [9.17, 15) is 14.0 Å². The lowest BCUT2D eigenvalue weighted by atomic mass is 9.97. The molecule has 2 aliphatic heterocycles. The van der Waals surface area contributed by atoms with E-state index in [4.69, 9.17) is 4.74 Å². The van der Waals surface area contributed by atoms with Crippen LogP contribution in [0.4, 0.5) is 4.39 Å². The Labute approximate surface area is 182 Å². The van der Waals surface area contributed by atoms with Gasteiger partial charge in [-0.15, -0.1) is 0 Å². The van der Waals surface area contributed by atoms with Gasteiger partial charge in [-0.05, 0) is 50.3 Å². The van der Waals surface area contributed by atoms with Crippen LogP contribution >= 0.6 is 0 Å². The van der Waals surface area contributed by atoms with Gasteiger partial charge in [0.15, 0.2) is 6.61 Å². The fraction of sp³-hybridized carbons (Fsp3) is 0.440. The second-order valence-corrected chi connectivity index (χ2v) is 8.28. The molecule has 2 amide bonds. The van der Waals surface area contributed by atoms with E-state index in [2.05, 4.69) is 6.92 Å². The molecule has 0 spiro atoms. The Hall–Kier alpha value is -2.89. The fourth-order valence-corrected chi connectivity index (χ4v) is 4.64. The number of piperidine rings is 1. The molecule has 2 aliphatic rings. The Morgan fingerprint density at radius 1 is 1.13 bits per heavy atom. The van der Waals surface area contributed by atoms with Gasteiger partial charge in [-0.25, -0.2) is 4.39 Å². The van der Waals surface area contributed by atoms with E-state index in [-0.39, 0.29) is 30.8 Å². The Morgan fingerprint density at radius 3 is 2.77 bits per heavy atom. The standard InChI is InChI=1S/C25H29FN2O3/c1-2-19-9-5-6-14-28(19)24(29)17-31-23-12-7-10-21-20(23)13-15-27(25(21)30)16-18-8-3-4-11-22(18)26/h3-4,7-8,10-12,19H,2,5-6,9,13-17H2,1H3/t19-/m1/s1. The molecule has 164 valence electrons. The lowest BCUT2D eigenvalue weighted by Gasteiger charge is -2.35. The van der Waals surface area contributed by atoms with E-state index < -0.39 is 0 Å². The van der Waals surface area contributed by atoms with Crippen molar-refractivity contribution in [1.29, 1.82) is 0 Å². The largest absolute Gasteiger partial charge is 0.483 e. The molecule has 0 unspecified atom stereocenters. The minimum Gasteiger partial charge on any atom is -0.483 e. The van der Waals surface area contributed by atoms with Gasteiger partial charge in [-0.2, -0.15) is 0 Å². The molecule has 2 aromatic rings. The summed E-state index contributed by atoms with van der Waals surface area (Å²) in [7, 11) is 0. The van der Waals surface area contributed by atoms with Gasteiger partial charge in [-0.3, -0.25) is 9.59 Å². The van der Waals surface area contributed by atoms with Crippen LogP contribution in [0.3, 0.4) is 0 Å². The first kappa shape index (κ1) is 21.3. The smallest absolute Gasteiger partial charge is 0.260 e. The predicted molar refractivity (Wildman–Crippen MR) is 116 cm³/mol. The monoisotopic (exact) mass is 424 g/mol. The molecule has 31 heavy (non-hydrogen) atoms. The highest BCUT2D eigenvalue weighted by atomic mass is 19.1. The summed E-state index contributed by atoms with van der Waals surface area (Å²) in [5.74, 6) is 0.158. The number of nitrogens with zero attached hydrogens (tertiary/aromatic N) is 2. The van der Waals surface area contributed by atoms with Crippen molar-refractivity contribution in [3.63, 3.8) is 0 Å². The first-order valence-electron chi connectivity index (χ1n) is 11.1. The summed E-state index contributed by atoms with van der Waals surface area (Å²) in [6.07, 6.45) is 4.82. The number of halogens is 1. The molecule has 1 atom stereocenters. The number of amides is 2. The van der Waals surface area contributed by atoms with Gasteiger partial charge < -0.3 is 14.5 Å². The fourth-order valence-electron chi connectivity index (χ4n) is 4.64. The van der Waals surface area contributed by atoms with Gasteiger partial charge in [0.2, 0.25) is 0 Å². The quantitative estimate of drug-likeness (QED) is 0.699. The number of likely N-dealkylation sites (tertiary alicyclic amines) is 1. The van der Waals surface area contributed by atoms with Gasteiger partial charge >= 0.3 is 0 Å². The minimum atomic E-state index is -0.306. The summed E-state index contributed by atoms with van der Waals surface area (Å²) < 4.78 is 19.9. The van der Waals surface area contributed by atoms with Crippen LogP contribution in [0.5, 0.6) is 5.75 Å². The topological polar surface area (TPSA) is 49.9 Å². The van der Waals surface area contributed by atoms with Crippen molar-refractivity contribution in [2.45, 2.75) is 51.6 Å². The van der Waals surface area contributed by atoms with Gasteiger partial charge in [0.05, 0.1) is 0 Å². The van der Waals surface area contributed by atoms with Crippen molar-refractivity contribution < 1.29 is 18.7 Å². The molecule has 0 radical (unpaired) electrons. The maximum absolute atomic E-state index is 14.0. The van der Waals surface area contributed by atoms with E-state index in [1.165, 1.54) is 12.5 Å². The lowest BCUT2D eigenvalue weighted by Crippen LogP contribution is -2.45. The van der Waals surface area contributed by atoms with Crippen molar-refractivity contribution >= 4 is 11.8 Å². The van der Waals surface area contributed by atoms with Crippen LogP contribution in [0.2, 0.25) is 0 Å². The maximum atomic E-state index is 14.0. The number of ether oxygens (including phenoxy) is 1. The SMILES string of the molecule is CC[C@@H]1CCCCN1C(=O)COc1cccc2c1CCN(Cc1ccccc1F)C2=O. The average molecular weight is 425 g/mol. The molecule has 0 N–H and O–H groups in total. The third-order valence-corrected chi connectivity index (χ3v) is 6.37. The molecule has 6 heteroatoms. The molecule has 2 heterocycles. The summed E-state index contributed by atoms with van der Waals surface area (Å²) in [4.78, 5) is 29.4. The second-order valence-electron chi connectivity index (χ2n) is 8.28. The minimum absolute atomic E-state index is 0.00692. The highest BCUT2D eigenvalue weighted by molar-refractivity contribution is 5.97. The number of hydrogen-bond acceptors (Lipinski definition) is 3. The summed E-state index contributed by atoms with van der Waals surface area (Å²) in [6.45, 7) is 3.61. The zero-order valence-corrected chi connectivity index (χ0v) is 18.0. The number of rotatable bonds is 6. The van der Waals surface area contributed by atoms with Crippen LogP contribution in [0, 0.1) is 5.82 Å². The molecule has 1 saturated heterocycles. The Morgan fingerprint density at radius 2 is 1.97 bits per heavy atom. The van der Waals surface area contributed by atoms with Gasteiger partial charge in [0.25, 0.3) is 11.8 Å². The van der Waals surface area contributed by atoms with Crippen LogP contribution in [0.25, 0.3) is 0 Å². The zero-order chi connectivity index (χ0) is 21.8. The number of carbonyl (C=O) groups excluding carboxylic acids is 2. The molecule has 0 saturated carbocycles. The zero-order valence-electron chi connectivity index (χ0n) is 18.0. The summed E-state index contributed by atoms with van der Waals surface area (Å²) in [5.41, 5.74) is 1.90. The van der Waals surface area contributed by atoms with Crippen LogP contribution < -0.4 is 4.74 Å². The Balaban J connectivity index is 1.44. The number of carbonyl (C=O) groups is 2. The molecule has 4 rings (SSSR count). The maximum Gasteiger partial charge on any atom is 0.260 e. The Bertz CT molecular complexity index is 962. The number of fused-ring (bicyclic) bond motifs is 1. The molecule has 2 aromatic carbocycles. The predicted octanol–water partition coefficient (Wildman–Crippen LogP) is 4.19. The van der Waals surface area contributed by atoms with E-state index in [1.807, 2.05) is 11.0 Å². The molecular formula is C25H29FN2O3. The molecule has 5 nitrogen and oxygen atoms in total. The number of benzene rings is 2. The van der Waals surface area contributed by atoms with E-state index >= 15 is 0 Å². The van der Waals surface area contributed by atoms with Crippen LogP contribution in [0.1, 0.15) is 54.1 Å². The highest BCUT2D eigenvalue weighted by Gasteiger charge is 2.29. The van der Waals surface area contributed by atoms with E-state index in [0.29, 0.717) is 35.9 Å². The summed E-state index contributed by atoms with van der Waals surface area (Å²) in [5, 5.41) is 0. The van der Waals surface area contributed by atoms with E-state index in [1.54, 1.807) is 35.2 Å². The lowest BCUT2D eigenvalue weighted by molar-refractivity contribution is -0.137. The molecule has 0 aromatic heterocycles. The van der Waals surface area contributed by atoms with Gasteiger partial charge in [-0.1, -0.05) is 31.2 Å². The molecular weight excluding hydrogens is 395 g/mol. The molecule has 0 aliphatic carbocycles. The first-order valence-corrected chi connectivity index (χ1v) is 11.1. The van der Waals surface area contributed by atoms with Crippen LogP contribution in [-0.4, -0.2) is 47.4 Å². The normalized spacial score (nSPS) is 18.6. The van der Waals surface area contributed by atoms with E-state index in [0.717, 1.165) is 31.4 Å². The molecule has 0 bridgehead atoms. The van der Waals surface area contributed by atoms with Crippen molar-refractivity contribution in [2.75, 3.05) is 19.7 Å². The van der Waals surface area contributed by atoms with Crippen LogP contribution in [0.15, 0.2) is 42.5 Å². The van der Waals surface area contributed by atoms with Crippen molar-refractivity contribution in [3.05, 3.63) is 65.0 Å². The number of hydrogen-bond donors (Lipinski definition) is 0. The highest BCUT2D eigenvalue weighted by Crippen LogP contribution is 2.29. The van der Waals surface area contributed by atoms with Crippen molar-refractivity contribution in [1.82, 2.24) is 9.80 Å². The van der Waals surface area contributed by atoms with Crippen molar-refractivity contribution in [3.8, 4) is 5.75 Å². The average Bonchev–Trinajstić information content (AvgIpc) is 2.80. The van der Waals surface area contributed by atoms with Crippen molar-refractivity contribution in [2.24, 2.45) is 0 Å².